The lowest BCUT2D eigenvalue weighted by Crippen LogP contribution is -2.29. The van der Waals surface area contributed by atoms with Crippen LogP contribution in [0.2, 0.25) is 0 Å². The number of aromatic nitrogens is 2. The molecule has 72 valence electrons. The number of nitrogens with one attached hydrogen (secondary N) is 2. The molecule has 1 aromatic heterocycles. The average Bonchev–Trinajstić information content (AvgIpc) is 2.33. The van der Waals surface area contributed by atoms with Gasteiger partial charge in [-0.3, -0.25) is 0 Å². The number of hydrogen-bond acceptors (Lipinski definition) is 2. The van der Waals surface area contributed by atoms with Gasteiger partial charge in [0.15, 0.2) is 0 Å². The van der Waals surface area contributed by atoms with Crippen LogP contribution in [0.4, 0.5) is 0 Å². The van der Waals surface area contributed by atoms with Crippen molar-refractivity contribution in [2.24, 2.45) is 0 Å². The minimum atomic E-state index is 0.615. The van der Waals surface area contributed by atoms with Crippen LogP contribution in [0.1, 0.15) is 30.6 Å². The zero-order valence-electron chi connectivity index (χ0n) is 8.35. The van der Waals surface area contributed by atoms with E-state index in [1.807, 2.05) is 6.92 Å². The summed E-state index contributed by atoms with van der Waals surface area (Å²) in [4.78, 5) is 7.84. The van der Waals surface area contributed by atoms with Crippen LogP contribution >= 0.6 is 0 Å². The Morgan fingerprint density at radius 1 is 1.54 bits per heavy atom. The van der Waals surface area contributed by atoms with E-state index in [1.165, 1.54) is 17.8 Å². The Balaban J connectivity index is 2.22. The largest absolute Gasteiger partial charge is 0.346 e. The highest BCUT2D eigenvalue weighted by atomic mass is 15.0. The Hall–Kier alpha value is -0.830. The van der Waals surface area contributed by atoms with E-state index in [-0.39, 0.29) is 0 Å². The van der Waals surface area contributed by atoms with E-state index in [0.717, 1.165) is 25.2 Å². The van der Waals surface area contributed by atoms with Gasteiger partial charge in [0.2, 0.25) is 0 Å². The molecule has 13 heavy (non-hydrogen) atoms. The van der Waals surface area contributed by atoms with Crippen LogP contribution in [0.5, 0.6) is 0 Å². The van der Waals surface area contributed by atoms with Gasteiger partial charge in [0.25, 0.3) is 0 Å². The number of H-pyrrole nitrogens is 1. The molecule has 0 amide bonds. The van der Waals surface area contributed by atoms with Gasteiger partial charge in [0.1, 0.15) is 5.82 Å². The predicted molar refractivity (Wildman–Crippen MR) is 52.8 cm³/mol. The third-order valence-electron chi connectivity index (χ3n) is 2.72. The summed E-state index contributed by atoms with van der Waals surface area (Å²) in [5, 5.41) is 3.52. The fourth-order valence-corrected chi connectivity index (χ4v) is 1.96. The van der Waals surface area contributed by atoms with E-state index in [0.29, 0.717) is 6.04 Å². The van der Waals surface area contributed by atoms with Crippen molar-refractivity contribution in [2.45, 2.75) is 39.2 Å². The standard InChI is InChI=1S/C10H17N3/c1-3-8-6-10-9(4-5-11-8)12-7(2)13-10/h8,11H,3-6H2,1-2H3,(H,12,13). The van der Waals surface area contributed by atoms with Crippen molar-refractivity contribution in [1.29, 1.82) is 0 Å². The van der Waals surface area contributed by atoms with E-state index in [9.17, 15) is 0 Å². The number of hydrogen-bond donors (Lipinski definition) is 2. The summed E-state index contributed by atoms with van der Waals surface area (Å²) in [6.45, 7) is 5.33. The van der Waals surface area contributed by atoms with Crippen molar-refractivity contribution in [3.05, 3.63) is 17.2 Å². The zero-order valence-corrected chi connectivity index (χ0v) is 8.35. The van der Waals surface area contributed by atoms with Crippen molar-refractivity contribution in [3.63, 3.8) is 0 Å². The van der Waals surface area contributed by atoms with Crippen molar-refractivity contribution >= 4 is 0 Å². The SMILES string of the molecule is CCC1Cc2nc(C)[nH]c2CCN1. The molecule has 0 saturated heterocycles. The van der Waals surface area contributed by atoms with Crippen molar-refractivity contribution in [2.75, 3.05) is 6.54 Å². The first kappa shape index (κ1) is 8.75. The summed E-state index contributed by atoms with van der Waals surface area (Å²) in [6.07, 6.45) is 3.36. The van der Waals surface area contributed by atoms with E-state index >= 15 is 0 Å². The summed E-state index contributed by atoms with van der Waals surface area (Å²) in [5.41, 5.74) is 2.61. The molecule has 3 heteroatoms. The van der Waals surface area contributed by atoms with Gasteiger partial charge < -0.3 is 10.3 Å². The Morgan fingerprint density at radius 3 is 3.15 bits per heavy atom. The van der Waals surface area contributed by atoms with Crippen LogP contribution < -0.4 is 5.32 Å². The lowest BCUT2D eigenvalue weighted by atomic mass is 10.1. The van der Waals surface area contributed by atoms with Crippen LogP contribution in [0.25, 0.3) is 0 Å². The second kappa shape index (κ2) is 3.50. The summed E-state index contributed by atoms with van der Waals surface area (Å²) in [5.74, 6) is 1.06. The minimum Gasteiger partial charge on any atom is -0.346 e. The van der Waals surface area contributed by atoms with Gasteiger partial charge in [-0.1, -0.05) is 6.92 Å². The summed E-state index contributed by atoms with van der Waals surface area (Å²) in [7, 11) is 0. The van der Waals surface area contributed by atoms with Gasteiger partial charge in [-0.2, -0.15) is 0 Å². The normalized spacial score (nSPS) is 22.5. The Labute approximate surface area is 79.0 Å². The molecule has 2 heterocycles. The highest BCUT2D eigenvalue weighted by Crippen LogP contribution is 2.13. The maximum absolute atomic E-state index is 4.51. The number of nitrogens with zero attached hydrogens (tertiary/aromatic N) is 1. The molecule has 0 radical (unpaired) electrons. The molecular formula is C10H17N3. The second-order valence-electron chi connectivity index (χ2n) is 3.76. The Morgan fingerprint density at radius 2 is 2.38 bits per heavy atom. The first-order valence-electron chi connectivity index (χ1n) is 5.07. The maximum atomic E-state index is 4.51. The van der Waals surface area contributed by atoms with Gasteiger partial charge in [-0.15, -0.1) is 0 Å². The fourth-order valence-electron chi connectivity index (χ4n) is 1.96. The molecule has 1 atom stereocenters. The second-order valence-corrected chi connectivity index (χ2v) is 3.76. The van der Waals surface area contributed by atoms with Crippen LogP contribution in [-0.2, 0) is 12.8 Å². The van der Waals surface area contributed by atoms with E-state index in [1.54, 1.807) is 0 Å². The summed E-state index contributed by atoms with van der Waals surface area (Å²) >= 11 is 0. The smallest absolute Gasteiger partial charge is 0.103 e. The lowest BCUT2D eigenvalue weighted by molar-refractivity contribution is 0.509. The third kappa shape index (κ3) is 1.75. The number of rotatable bonds is 1. The monoisotopic (exact) mass is 179 g/mol. The predicted octanol–water partition coefficient (Wildman–Crippen LogP) is 1.18. The van der Waals surface area contributed by atoms with E-state index in [4.69, 9.17) is 0 Å². The number of fused-ring (bicyclic) bond motifs is 1. The van der Waals surface area contributed by atoms with Crippen molar-refractivity contribution in [1.82, 2.24) is 15.3 Å². The molecular weight excluding hydrogens is 162 g/mol. The molecule has 0 saturated carbocycles. The van der Waals surface area contributed by atoms with E-state index in [2.05, 4.69) is 22.2 Å². The molecule has 0 aromatic carbocycles. The van der Waals surface area contributed by atoms with Gasteiger partial charge in [0.05, 0.1) is 5.69 Å². The van der Waals surface area contributed by atoms with Crippen LogP contribution in [0.3, 0.4) is 0 Å². The molecule has 2 N–H and O–H groups in total. The van der Waals surface area contributed by atoms with Gasteiger partial charge in [0, 0.05) is 31.1 Å². The molecule has 1 aliphatic rings. The van der Waals surface area contributed by atoms with Crippen molar-refractivity contribution in [3.8, 4) is 0 Å². The number of imidazole rings is 1. The molecule has 1 aliphatic heterocycles. The molecule has 0 fully saturated rings. The highest BCUT2D eigenvalue weighted by molar-refractivity contribution is 5.17. The van der Waals surface area contributed by atoms with Crippen molar-refractivity contribution < 1.29 is 0 Å². The first-order chi connectivity index (χ1) is 6.29. The maximum Gasteiger partial charge on any atom is 0.103 e. The highest BCUT2D eigenvalue weighted by Gasteiger charge is 2.17. The molecule has 0 aliphatic carbocycles. The van der Waals surface area contributed by atoms with Crippen LogP contribution in [-0.4, -0.2) is 22.6 Å². The third-order valence-corrected chi connectivity index (χ3v) is 2.72. The lowest BCUT2D eigenvalue weighted by Gasteiger charge is -2.11. The van der Waals surface area contributed by atoms with Gasteiger partial charge in [-0.05, 0) is 13.3 Å². The van der Waals surface area contributed by atoms with E-state index < -0.39 is 0 Å². The fraction of sp³-hybridized carbons (Fsp3) is 0.700. The molecule has 1 unspecified atom stereocenters. The Bertz CT molecular complexity index is 290. The minimum absolute atomic E-state index is 0.615. The van der Waals surface area contributed by atoms with Crippen LogP contribution in [0, 0.1) is 6.92 Å². The molecule has 0 bridgehead atoms. The zero-order chi connectivity index (χ0) is 9.26. The molecule has 1 aromatic rings. The summed E-state index contributed by atoms with van der Waals surface area (Å²) < 4.78 is 0. The van der Waals surface area contributed by atoms with Gasteiger partial charge >= 0.3 is 0 Å². The average molecular weight is 179 g/mol. The quantitative estimate of drug-likeness (QED) is 0.679. The molecule has 0 spiro atoms. The van der Waals surface area contributed by atoms with Crippen LogP contribution in [0.15, 0.2) is 0 Å². The number of aryl methyl sites for hydroxylation is 1. The molecule has 3 nitrogen and oxygen atoms in total. The Kier molecular flexibility index (Phi) is 2.36. The summed E-state index contributed by atoms with van der Waals surface area (Å²) in [6, 6.07) is 0.615. The first-order valence-corrected chi connectivity index (χ1v) is 5.07. The molecule has 2 rings (SSSR count). The number of aromatic amines is 1. The topological polar surface area (TPSA) is 40.7 Å². The van der Waals surface area contributed by atoms with Gasteiger partial charge in [-0.25, -0.2) is 4.98 Å².